The minimum absolute atomic E-state index is 0.0283. The van der Waals surface area contributed by atoms with Gasteiger partial charge in [0, 0.05) is 11.9 Å². The van der Waals surface area contributed by atoms with Crippen LogP contribution in [-0.4, -0.2) is 14.2 Å². The monoisotopic (exact) mass is 316 g/mol. The van der Waals surface area contributed by atoms with Crippen LogP contribution in [0.25, 0.3) is 5.69 Å². The quantitative estimate of drug-likeness (QED) is 0.807. The highest BCUT2D eigenvalue weighted by Gasteiger charge is 2.21. The van der Waals surface area contributed by atoms with Crippen molar-refractivity contribution in [2.24, 2.45) is 7.05 Å². The summed E-state index contributed by atoms with van der Waals surface area (Å²) in [5, 5.41) is 10.7. The van der Waals surface area contributed by atoms with Crippen LogP contribution in [0, 0.1) is 5.82 Å². The first-order valence-corrected chi connectivity index (χ1v) is 7.39. The van der Waals surface area contributed by atoms with Gasteiger partial charge in [-0.3, -0.25) is 4.57 Å². The number of imidazole rings is 1. The van der Waals surface area contributed by atoms with Crippen LogP contribution in [0.15, 0.2) is 69.3 Å². The highest BCUT2D eigenvalue weighted by Crippen LogP contribution is 2.34. The van der Waals surface area contributed by atoms with Gasteiger partial charge in [0.2, 0.25) is 5.88 Å². The van der Waals surface area contributed by atoms with Gasteiger partial charge >= 0.3 is 5.69 Å². The van der Waals surface area contributed by atoms with E-state index < -0.39 is 11.5 Å². The summed E-state index contributed by atoms with van der Waals surface area (Å²) in [6, 6.07) is 15.2. The fourth-order valence-electron chi connectivity index (χ4n) is 2.14. The van der Waals surface area contributed by atoms with Gasteiger partial charge < -0.3 is 5.11 Å². The van der Waals surface area contributed by atoms with Gasteiger partial charge in [-0.05, 0) is 24.3 Å². The number of hydrogen-bond donors (Lipinski definition) is 1. The standard InChI is InChI=1S/C16H13FN2O2S/c1-18-15(22-11-7-3-2-4-8-11)14(20)19(16(18)21)13-10-6-5-9-12(13)17/h2-10,20H,1H3. The van der Waals surface area contributed by atoms with Gasteiger partial charge in [0.05, 0.1) is 5.69 Å². The summed E-state index contributed by atoms with van der Waals surface area (Å²) in [7, 11) is 1.55. The zero-order chi connectivity index (χ0) is 15.7. The van der Waals surface area contributed by atoms with Gasteiger partial charge in [-0.2, -0.15) is 0 Å². The van der Waals surface area contributed by atoms with Crippen LogP contribution >= 0.6 is 11.8 Å². The molecule has 0 aliphatic heterocycles. The van der Waals surface area contributed by atoms with Gasteiger partial charge in [-0.25, -0.2) is 13.8 Å². The summed E-state index contributed by atoms with van der Waals surface area (Å²) in [6.45, 7) is 0. The van der Waals surface area contributed by atoms with E-state index in [9.17, 15) is 14.3 Å². The molecule has 22 heavy (non-hydrogen) atoms. The molecule has 1 N–H and O–H groups in total. The third kappa shape index (κ3) is 2.42. The van der Waals surface area contributed by atoms with Crippen LogP contribution in [0.5, 0.6) is 5.88 Å². The zero-order valence-corrected chi connectivity index (χ0v) is 12.5. The molecule has 4 nitrogen and oxygen atoms in total. The van der Waals surface area contributed by atoms with Crippen LogP contribution in [0.1, 0.15) is 0 Å². The molecule has 0 fully saturated rings. The molecule has 112 valence electrons. The second-order valence-corrected chi connectivity index (χ2v) is 5.73. The topological polar surface area (TPSA) is 47.2 Å². The third-order valence-electron chi connectivity index (χ3n) is 3.24. The summed E-state index contributed by atoms with van der Waals surface area (Å²) in [5.74, 6) is -0.840. The molecule has 0 aliphatic rings. The Hall–Kier alpha value is -2.47. The number of rotatable bonds is 3. The van der Waals surface area contributed by atoms with Crippen LogP contribution in [0.4, 0.5) is 4.39 Å². The van der Waals surface area contributed by atoms with E-state index in [0.717, 1.165) is 9.46 Å². The SMILES string of the molecule is Cn1c(Sc2ccccc2)c(O)n(-c2ccccc2F)c1=O. The number of halogens is 1. The summed E-state index contributed by atoms with van der Waals surface area (Å²) in [5.41, 5.74) is -0.471. The number of para-hydroxylation sites is 1. The Morgan fingerprint density at radius 3 is 2.36 bits per heavy atom. The van der Waals surface area contributed by atoms with E-state index >= 15 is 0 Å². The fourth-order valence-corrected chi connectivity index (χ4v) is 3.05. The zero-order valence-electron chi connectivity index (χ0n) is 11.7. The van der Waals surface area contributed by atoms with Crippen molar-refractivity contribution in [2.75, 3.05) is 0 Å². The Bertz CT molecular complexity index is 872. The Labute approximate surface area is 130 Å². The Morgan fingerprint density at radius 2 is 1.68 bits per heavy atom. The molecule has 1 heterocycles. The molecule has 3 rings (SSSR count). The highest BCUT2D eigenvalue weighted by molar-refractivity contribution is 7.99. The van der Waals surface area contributed by atoms with Gasteiger partial charge in [0.1, 0.15) is 10.8 Å². The predicted octanol–water partition coefficient (Wildman–Crippen LogP) is 3.17. The van der Waals surface area contributed by atoms with Gasteiger partial charge in [-0.1, -0.05) is 42.1 Å². The first kappa shape index (κ1) is 14.5. The van der Waals surface area contributed by atoms with Crippen molar-refractivity contribution in [2.45, 2.75) is 9.92 Å². The maximum absolute atomic E-state index is 13.9. The molecule has 0 saturated carbocycles. The van der Waals surface area contributed by atoms with Crippen molar-refractivity contribution in [1.82, 2.24) is 9.13 Å². The molecule has 0 spiro atoms. The van der Waals surface area contributed by atoms with Crippen molar-refractivity contribution in [3.05, 3.63) is 70.9 Å². The summed E-state index contributed by atoms with van der Waals surface area (Å²) < 4.78 is 16.2. The predicted molar refractivity (Wildman–Crippen MR) is 83.2 cm³/mol. The molecule has 0 bridgehead atoms. The highest BCUT2D eigenvalue weighted by atomic mass is 32.2. The van der Waals surface area contributed by atoms with Crippen LogP contribution in [0.2, 0.25) is 0 Å². The van der Waals surface area contributed by atoms with E-state index in [1.165, 1.54) is 34.5 Å². The lowest BCUT2D eigenvalue weighted by Crippen LogP contribution is -2.21. The van der Waals surface area contributed by atoms with E-state index in [1.54, 1.807) is 13.1 Å². The Morgan fingerprint density at radius 1 is 1.05 bits per heavy atom. The largest absolute Gasteiger partial charge is 0.492 e. The van der Waals surface area contributed by atoms with Crippen LogP contribution < -0.4 is 5.69 Å². The second-order valence-electron chi connectivity index (χ2n) is 4.67. The molecule has 0 atom stereocenters. The fraction of sp³-hybridized carbons (Fsp3) is 0.0625. The molecule has 3 aromatic rings. The van der Waals surface area contributed by atoms with E-state index in [0.29, 0.717) is 5.03 Å². The Kier molecular flexibility index (Phi) is 3.77. The van der Waals surface area contributed by atoms with Gasteiger partial charge in [0.25, 0.3) is 0 Å². The van der Waals surface area contributed by atoms with Gasteiger partial charge in [-0.15, -0.1) is 0 Å². The molecule has 0 amide bonds. The van der Waals surface area contributed by atoms with E-state index in [2.05, 4.69) is 0 Å². The van der Waals surface area contributed by atoms with Crippen LogP contribution in [-0.2, 0) is 7.05 Å². The van der Waals surface area contributed by atoms with Crippen molar-refractivity contribution in [1.29, 1.82) is 0 Å². The van der Waals surface area contributed by atoms with Crippen molar-refractivity contribution >= 4 is 11.8 Å². The summed E-state index contributed by atoms with van der Waals surface area (Å²) >= 11 is 1.25. The molecule has 2 aromatic carbocycles. The van der Waals surface area contributed by atoms with E-state index in [-0.39, 0.29) is 11.6 Å². The average molecular weight is 316 g/mol. The lowest BCUT2D eigenvalue weighted by molar-refractivity contribution is 0.424. The minimum Gasteiger partial charge on any atom is -0.492 e. The molecule has 1 aromatic heterocycles. The lowest BCUT2D eigenvalue weighted by atomic mass is 10.3. The molecule has 0 radical (unpaired) electrons. The van der Waals surface area contributed by atoms with Crippen molar-refractivity contribution < 1.29 is 9.50 Å². The molecule has 6 heteroatoms. The average Bonchev–Trinajstić information content (AvgIpc) is 2.73. The normalized spacial score (nSPS) is 10.8. The number of aromatic hydroxyl groups is 1. The van der Waals surface area contributed by atoms with Crippen molar-refractivity contribution in [3.63, 3.8) is 0 Å². The molecule has 0 aliphatic carbocycles. The first-order chi connectivity index (χ1) is 10.6. The second kappa shape index (κ2) is 5.73. The molecular weight excluding hydrogens is 303 g/mol. The maximum Gasteiger partial charge on any atom is 0.336 e. The number of hydrogen-bond acceptors (Lipinski definition) is 3. The van der Waals surface area contributed by atoms with E-state index in [1.807, 2.05) is 30.3 Å². The molecule has 0 saturated heterocycles. The third-order valence-corrected chi connectivity index (χ3v) is 4.39. The first-order valence-electron chi connectivity index (χ1n) is 6.58. The number of nitrogens with zero attached hydrogens (tertiary/aromatic N) is 2. The van der Waals surface area contributed by atoms with Gasteiger partial charge in [0.15, 0.2) is 0 Å². The smallest absolute Gasteiger partial charge is 0.336 e. The maximum atomic E-state index is 13.9. The van der Waals surface area contributed by atoms with E-state index in [4.69, 9.17) is 0 Å². The molecular formula is C16H13FN2O2S. The van der Waals surface area contributed by atoms with Crippen LogP contribution in [0.3, 0.4) is 0 Å². The van der Waals surface area contributed by atoms with Crippen molar-refractivity contribution in [3.8, 4) is 11.6 Å². The molecule has 0 unspecified atom stereocenters. The lowest BCUT2D eigenvalue weighted by Gasteiger charge is -2.05. The minimum atomic E-state index is -0.568. The Balaban J connectivity index is 2.14. The number of benzene rings is 2. The summed E-state index contributed by atoms with van der Waals surface area (Å²) in [6.07, 6.45) is 0. The summed E-state index contributed by atoms with van der Waals surface area (Å²) in [4.78, 5) is 13.2. The number of aromatic nitrogens is 2.